The molecular weight excluding hydrogens is 194 g/mol. The van der Waals surface area contributed by atoms with E-state index in [4.69, 9.17) is 11.6 Å². The first-order valence-corrected chi connectivity index (χ1v) is 4.10. The Morgan fingerprint density at radius 2 is 2.23 bits per heavy atom. The molecule has 0 aromatic heterocycles. The third kappa shape index (κ3) is 1.37. The van der Waals surface area contributed by atoms with Crippen LogP contribution >= 0.6 is 11.6 Å². The van der Waals surface area contributed by atoms with Crippen molar-refractivity contribution in [1.82, 2.24) is 0 Å². The number of hydrogen-bond acceptors (Lipinski definition) is 3. The number of rotatable bonds is 2. The first kappa shape index (κ1) is 9.92. The van der Waals surface area contributed by atoms with Crippen LogP contribution in [0.5, 0.6) is 0 Å². The molecule has 70 valence electrons. The zero-order valence-corrected chi connectivity index (χ0v) is 7.69. The summed E-state index contributed by atoms with van der Waals surface area (Å²) in [7, 11) is 0. The van der Waals surface area contributed by atoms with E-state index >= 15 is 0 Å². The largest absolute Gasteiger partial charge is 0.318 e. The van der Waals surface area contributed by atoms with Crippen molar-refractivity contribution < 1.29 is 9.72 Å². The van der Waals surface area contributed by atoms with Crippen LogP contribution in [0.15, 0.2) is 24.3 Å². The Hall–Kier alpha value is -1.16. The molecule has 2 unspecified atom stereocenters. The minimum absolute atomic E-state index is 0.516. The molecule has 4 nitrogen and oxygen atoms in total. The molecule has 0 spiro atoms. The molecule has 0 saturated heterocycles. The lowest BCUT2D eigenvalue weighted by molar-refractivity contribution is -0.543. The number of halogens is 1. The lowest BCUT2D eigenvalue weighted by Gasteiger charge is -2.23. The molecule has 0 bridgehead atoms. The Bertz CT molecular complexity index is 295. The fraction of sp³-hybridized carbons (Fsp3) is 0.375. The van der Waals surface area contributed by atoms with Crippen LogP contribution in [0.25, 0.3) is 0 Å². The number of allylic oxidation sites excluding steroid dienone is 2. The van der Waals surface area contributed by atoms with Gasteiger partial charge >= 0.3 is 10.8 Å². The maximum Gasteiger partial charge on any atom is 0.318 e. The Balaban J connectivity index is 3.19. The van der Waals surface area contributed by atoms with Crippen molar-refractivity contribution in [2.45, 2.75) is 12.5 Å². The van der Waals surface area contributed by atoms with Crippen LogP contribution < -0.4 is 0 Å². The lowest BCUT2D eigenvalue weighted by Crippen LogP contribution is -2.48. The van der Waals surface area contributed by atoms with Gasteiger partial charge in [0.15, 0.2) is 0 Å². The molecule has 1 aliphatic rings. The Morgan fingerprint density at radius 1 is 1.62 bits per heavy atom. The number of nitrogens with zero attached hydrogens (tertiary/aromatic N) is 1. The molecule has 0 N–H and O–H groups in total. The van der Waals surface area contributed by atoms with E-state index < -0.39 is 21.6 Å². The summed E-state index contributed by atoms with van der Waals surface area (Å²) in [6.45, 7) is 1.59. The van der Waals surface area contributed by atoms with Gasteiger partial charge in [-0.25, -0.2) is 0 Å². The SMILES string of the molecule is CC1C=CC=CC1(C(=O)Cl)[N+](=O)[O-]. The maximum absolute atomic E-state index is 11.0. The van der Waals surface area contributed by atoms with Crippen molar-refractivity contribution in [3.63, 3.8) is 0 Å². The quantitative estimate of drug-likeness (QED) is 0.387. The average Bonchev–Trinajstić information content (AvgIpc) is 2.04. The van der Waals surface area contributed by atoms with Gasteiger partial charge in [0.25, 0.3) is 0 Å². The predicted molar refractivity (Wildman–Crippen MR) is 48.0 cm³/mol. The zero-order valence-electron chi connectivity index (χ0n) is 6.94. The molecule has 0 heterocycles. The minimum Gasteiger partial charge on any atom is -0.273 e. The molecule has 0 aromatic carbocycles. The minimum atomic E-state index is -1.78. The first-order valence-electron chi connectivity index (χ1n) is 3.72. The second-order valence-corrected chi connectivity index (χ2v) is 3.23. The lowest BCUT2D eigenvalue weighted by atomic mass is 9.83. The van der Waals surface area contributed by atoms with Gasteiger partial charge in [0, 0.05) is 11.0 Å². The average molecular weight is 202 g/mol. The van der Waals surface area contributed by atoms with E-state index in [-0.39, 0.29) is 0 Å². The summed E-state index contributed by atoms with van der Waals surface area (Å²) in [5.74, 6) is -0.516. The molecule has 1 rings (SSSR count). The third-order valence-electron chi connectivity index (χ3n) is 2.17. The van der Waals surface area contributed by atoms with Crippen molar-refractivity contribution in [3.8, 4) is 0 Å². The van der Waals surface area contributed by atoms with Gasteiger partial charge in [0.2, 0.25) is 0 Å². The summed E-state index contributed by atoms with van der Waals surface area (Å²) >= 11 is 5.24. The standard InChI is InChI=1S/C8H8ClNO3/c1-6-4-2-3-5-8(6,7(9)11)10(12)13/h2-6H,1H3. The van der Waals surface area contributed by atoms with E-state index in [2.05, 4.69) is 0 Å². The molecule has 0 radical (unpaired) electrons. The van der Waals surface area contributed by atoms with Crippen LogP contribution in [-0.4, -0.2) is 15.7 Å². The third-order valence-corrected chi connectivity index (χ3v) is 2.48. The molecule has 0 aromatic rings. The van der Waals surface area contributed by atoms with E-state index in [0.29, 0.717) is 0 Å². The van der Waals surface area contributed by atoms with Crippen molar-refractivity contribution in [2.24, 2.45) is 5.92 Å². The van der Waals surface area contributed by atoms with Crippen LogP contribution in [0, 0.1) is 16.0 Å². The summed E-state index contributed by atoms with van der Waals surface area (Å²) in [6.07, 6.45) is 5.94. The van der Waals surface area contributed by atoms with Gasteiger partial charge in [-0.05, 0) is 11.6 Å². The van der Waals surface area contributed by atoms with E-state index in [1.807, 2.05) is 0 Å². The molecule has 13 heavy (non-hydrogen) atoms. The highest BCUT2D eigenvalue weighted by molar-refractivity contribution is 6.65. The van der Waals surface area contributed by atoms with Gasteiger partial charge < -0.3 is 0 Å². The van der Waals surface area contributed by atoms with Crippen molar-refractivity contribution in [3.05, 3.63) is 34.4 Å². The molecule has 0 saturated carbocycles. The van der Waals surface area contributed by atoms with Gasteiger partial charge in [-0.15, -0.1) is 0 Å². The van der Waals surface area contributed by atoms with Gasteiger partial charge in [0.05, 0.1) is 5.92 Å². The highest BCUT2D eigenvalue weighted by Gasteiger charge is 2.52. The Labute approximate surface area is 80.0 Å². The van der Waals surface area contributed by atoms with Gasteiger partial charge in [0.1, 0.15) is 0 Å². The van der Waals surface area contributed by atoms with Gasteiger partial charge in [-0.3, -0.25) is 14.9 Å². The summed E-state index contributed by atoms with van der Waals surface area (Å²) < 4.78 is 0. The van der Waals surface area contributed by atoms with Crippen LogP contribution in [0.1, 0.15) is 6.92 Å². The Kier molecular flexibility index (Phi) is 2.52. The van der Waals surface area contributed by atoms with Gasteiger partial charge in [-0.2, -0.15) is 0 Å². The molecule has 0 fully saturated rings. The fourth-order valence-electron chi connectivity index (χ4n) is 1.27. The molecule has 2 atom stereocenters. The van der Waals surface area contributed by atoms with Crippen molar-refractivity contribution in [2.75, 3.05) is 0 Å². The molecule has 1 aliphatic carbocycles. The van der Waals surface area contributed by atoms with E-state index in [1.165, 1.54) is 12.2 Å². The maximum atomic E-state index is 11.0. The molecular formula is C8H8ClNO3. The Morgan fingerprint density at radius 3 is 2.54 bits per heavy atom. The summed E-state index contributed by atoms with van der Waals surface area (Å²) in [5.41, 5.74) is -1.78. The van der Waals surface area contributed by atoms with E-state index in [1.54, 1.807) is 19.1 Å². The molecule has 0 amide bonds. The summed E-state index contributed by atoms with van der Waals surface area (Å²) in [4.78, 5) is 21.1. The second kappa shape index (κ2) is 3.30. The second-order valence-electron chi connectivity index (χ2n) is 2.89. The smallest absolute Gasteiger partial charge is 0.273 e. The molecule has 0 aliphatic heterocycles. The first-order chi connectivity index (χ1) is 6.01. The number of nitro groups is 1. The number of carbonyl (C=O) groups is 1. The number of carbonyl (C=O) groups excluding carboxylic acids is 1. The van der Waals surface area contributed by atoms with Crippen molar-refractivity contribution >= 4 is 16.8 Å². The number of hydrogen-bond donors (Lipinski definition) is 0. The van der Waals surface area contributed by atoms with Gasteiger partial charge in [-0.1, -0.05) is 25.2 Å². The summed E-state index contributed by atoms with van der Waals surface area (Å²) in [6, 6.07) is 0. The zero-order chi connectivity index (χ0) is 10.1. The topological polar surface area (TPSA) is 60.2 Å². The van der Waals surface area contributed by atoms with Crippen LogP contribution in [-0.2, 0) is 4.79 Å². The van der Waals surface area contributed by atoms with E-state index in [9.17, 15) is 14.9 Å². The highest BCUT2D eigenvalue weighted by atomic mass is 35.5. The fourth-order valence-corrected chi connectivity index (χ4v) is 1.58. The predicted octanol–water partition coefficient (Wildman–Crippen LogP) is 1.53. The molecule has 5 heteroatoms. The van der Waals surface area contributed by atoms with E-state index in [0.717, 1.165) is 0 Å². The summed E-state index contributed by atoms with van der Waals surface area (Å²) in [5, 5.41) is 9.79. The van der Waals surface area contributed by atoms with Crippen LogP contribution in [0.4, 0.5) is 0 Å². The monoisotopic (exact) mass is 201 g/mol. The van der Waals surface area contributed by atoms with Crippen LogP contribution in [0.3, 0.4) is 0 Å². The normalized spacial score (nSPS) is 31.7. The van der Waals surface area contributed by atoms with Crippen molar-refractivity contribution in [1.29, 1.82) is 0 Å². The highest BCUT2D eigenvalue weighted by Crippen LogP contribution is 2.29. The van der Waals surface area contributed by atoms with Crippen LogP contribution in [0.2, 0.25) is 0 Å².